The van der Waals surface area contributed by atoms with Crippen LogP contribution >= 0.6 is 0 Å². The first-order valence-electron chi connectivity index (χ1n) is 10.2. The third kappa shape index (κ3) is 18.8. The van der Waals surface area contributed by atoms with Gasteiger partial charge in [0.2, 0.25) is 0 Å². The van der Waals surface area contributed by atoms with Gasteiger partial charge in [0.25, 0.3) is 0 Å². The van der Waals surface area contributed by atoms with Gasteiger partial charge in [0.05, 0.1) is 10.1 Å². The van der Waals surface area contributed by atoms with E-state index in [9.17, 15) is 13.0 Å². The fraction of sp³-hybridized carbons (Fsp3) is 1.00. The van der Waals surface area contributed by atoms with Gasteiger partial charge in [-0.05, 0) is 33.6 Å². The third-order valence-corrected chi connectivity index (χ3v) is 8.16. The molecule has 27 heavy (non-hydrogen) atoms. The molecule has 158 valence electrons. The van der Waals surface area contributed by atoms with Crippen molar-refractivity contribution in [3.05, 3.63) is 0 Å². The standard InChI is InChI=1S/C18H40O6SSi.Na/c1-4-22-26(23-5-2,24-6-3)18-16-14-12-10-8-7-9-11-13-15-17-25(19,20)21;/h4-18H2,1-3H3,(H,19,20,21);/q;+1/p-1. The molecule has 0 bridgehead atoms. The van der Waals surface area contributed by atoms with Crippen LogP contribution in [0.3, 0.4) is 0 Å². The van der Waals surface area contributed by atoms with Crippen molar-refractivity contribution in [2.45, 2.75) is 91.0 Å². The molecule has 0 radical (unpaired) electrons. The van der Waals surface area contributed by atoms with E-state index in [-0.39, 0.29) is 35.3 Å². The van der Waals surface area contributed by atoms with E-state index in [4.69, 9.17) is 13.3 Å². The summed E-state index contributed by atoms with van der Waals surface area (Å²) in [5.41, 5.74) is 0. The maximum atomic E-state index is 10.5. The Morgan fingerprint density at radius 3 is 1.33 bits per heavy atom. The molecule has 0 spiro atoms. The molecule has 0 atom stereocenters. The van der Waals surface area contributed by atoms with Crippen molar-refractivity contribution < 1.29 is 55.8 Å². The van der Waals surface area contributed by atoms with E-state index < -0.39 is 18.9 Å². The average molecular weight is 435 g/mol. The Labute approximate surface area is 190 Å². The average Bonchev–Trinajstić information content (AvgIpc) is 2.55. The van der Waals surface area contributed by atoms with Crippen LogP contribution in [0, 0.1) is 0 Å². The molecule has 0 aromatic carbocycles. The molecular weight excluding hydrogens is 395 g/mol. The molecule has 0 fully saturated rings. The molecule has 0 aliphatic rings. The summed E-state index contributed by atoms with van der Waals surface area (Å²) in [6.07, 6.45) is 10.5. The predicted molar refractivity (Wildman–Crippen MR) is 106 cm³/mol. The fourth-order valence-electron chi connectivity index (χ4n) is 3.04. The Morgan fingerprint density at radius 1 is 0.667 bits per heavy atom. The Kier molecular flexibility index (Phi) is 21.3. The van der Waals surface area contributed by atoms with E-state index in [0.29, 0.717) is 26.2 Å². The number of rotatable bonds is 19. The first-order chi connectivity index (χ1) is 12.4. The van der Waals surface area contributed by atoms with Crippen molar-refractivity contribution in [3.8, 4) is 0 Å². The van der Waals surface area contributed by atoms with Crippen LogP contribution in [0.1, 0.15) is 85.0 Å². The number of hydrogen-bond donors (Lipinski definition) is 0. The maximum Gasteiger partial charge on any atom is 1.00 e. The van der Waals surface area contributed by atoms with Gasteiger partial charge in [-0.3, -0.25) is 0 Å². The van der Waals surface area contributed by atoms with Gasteiger partial charge in [-0.1, -0.05) is 51.4 Å². The smallest absolute Gasteiger partial charge is 0.748 e. The van der Waals surface area contributed by atoms with Crippen LogP contribution in [0.25, 0.3) is 0 Å². The van der Waals surface area contributed by atoms with Crippen LogP contribution in [0.4, 0.5) is 0 Å². The van der Waals surface area contributed by atoms with E-state index in [1.807, 2.05) is 20.8 Å². The first kappa shape index (κ1) is 30.2. The summed E-state index contributed by atoms with van der Waals surface area (Å²) in [5.74, 6) is -0.219. The van der Waals surface area contributed by atoms with Gasteiger partial charge in [0.15, 0.2) is 0 Å². The van der Waals surface area contributed by atoms with Crippen molar-refractivity contribution in [1.29, 1.82) is 0 Å². The summed E-state index contributed by atoms with van der Waals surface area (Å²) in [6, 6.07) is 0.894. The number of unbranched alkanes of at least 4 members (excludes halogenated alkanes) is 9. The minimum atomic E-state index is -4.03. The van der Waals surface area contributed by atoms with Crippen molar-refractivity contribution in [2.75, 3.05) is 25.6 Å². The second-order valence-corrected chi connectivity index (χ2v) is 10.8. The zero-order valence-corrected chi connectivity index (χ0v) is 21.8. The Hall–Kier alpha value is 1.01. The zero-order chi connectivity index (χ0) is 19.7. The summed E-state index contributed by atoms with van der Waals surface area (Å²) < 4.78 is 49.0. The van der Waals surface area contributed by atoms with Crippen LogP contribution in [-0.4, -0.2) is 47.3 Å². The fourth-order valence-corrected chi connectivity index (χ4v) is 6.28. The Balaban J connectivity index is 0. The Morgan fingerprint density at radius 2 is 1.00 bits per heavy atom. The SMILES string of the molecule is CCO[Si](CCCCCCCCCCCCS(=O)(=O)[O-])(OCC)OCC.[Na+]. The molecule has 0 heterocycles. The minimum Gasteiger partial charge on any atom is -0.748 e. The largest absolute Gasteiger partial charge is 1.00 e. The molecule has 0 N–H and O–H groups in total. The van der Waals surface area contributed by atoms with Crippen molar-refractivity contribution in [1.82, 2.24) is 0 Å². The molecular formula is C18H39NaO6SSi. The molecule has 0 aromatic rings. The van der Waals surface area contributed by atoms with Gasteiger partial charge in [0.1, 0.15) is 0 Å². The first-order valence-corrected chi connectivity index (χ1v) is 13.8. The third-order valence-electron chi connectivity index (χ3n) is 4.22. The van der Waals surface area contributed by atoms with Gasteiger partial charge in [-0.2, -0.15) is 0 Å². The second-order valence-electron chi connectivity index (χ2n) is 6.53. The number of hydrogen-bond acceptors (Lipinski definition) is 6. The van der Waals surface area contributed by atoms with Gasteiger partial charge >= 0.3 is 38.4 Å². The van der Waals surface area contributed by atoms with Crippen molar-refractivity contribution in [3.63, 3.8) is 0 Å². The van der Waals surface area contributed by atoms with Crippen LogP contribution in [-0.2, 0) is 23.4 Å². The van der Waals surface area contributed by atoms with Gasteiger partial charge in [-0.15, -0.1) is 0 Å². The molecule has 0 aliphatic carbocycles. The summed E-state index contributed by atoms with van der Waals surface area (Å²) >= 11 is 0. The van der Waals surface area contributed by atoms with E-state index in [2.05, 4.69) is 0 Å². The van der Waals surface area contributed by atoms with Crippen LogP contribution in [0.2, 0.25) is 6.04 Å². The molecule has 6 nitrogen and oxygen atoms in total. The molecule has 0 aromatic heterocycles. The van der Waals surface area contributed by atoms with Crippen LogP contribution in [0.5, 0.6) is 0 Å². The summed E-state index contributed by atoms with van der Waals surface area (Å²) in [5, 5.41) is 0. The normalized spacial score (nSPS) is 12.1. The monoisotopic (exact) mass is 434 g/mol. The van der Waals surface area contributed by atoms with Crippen LogP contribution < -0.4 is 29.6 Å². The minimum absolute atomic E-state index is 0. The topological polar surface area (TPSA) is 84.9 Å². The van der Waals surface area contributed by atoms with E-state index in [1.54, 1.807) is 0 Å². The van der Waals surface area contributed by atoms with Crippen molar-refractivity contribution in [2.24, 2.45) is 0 Å². The molecule has 0 amide bonds. The quantitative estimate of drug-likeness (QED) is 0.174. The van der Waals surface area contributed by atoms with Crippen LogP contribution in [0.15, 0.2) is 0 Å². The summed E-state index contributed by atoms with van der Waals surface area (Å²) in [6.45, 7) is 7.85. The second kappa shape index (κ2) is 19.0. The zero-order valence-electron chi connectivity index (χ0n) is 18.0. The van der Waals surface area contributed by atoms with Gasteiger partial charge in [-0.25, -0.2) is 8.42 Å². The molecule has 0 saturated carbocycles. The van der Waals surface area contributed by atoms with E-state index >= 15 is 0 Å². The Bertz CT molecular complexity index is 405. The molecule has 9 heteroatoms. The van der Waals surface area contributed by atoms with Gasteiger partial charge < -0.3 is 17.8 Å². The van der Waals surface area contributed by atoms with E-state index in [0.717, 1.165) is 31.7 Å². The summed E-state index contributed by atoms with van der Waals surface area (Å²) in [4.78, 5) is 0. The predicted octanol–water partition coefficient (Wildman–Crippen LogP) is 1.49. The molecule has 0 aliphatic heterocycles. The molecule has 0 unspecified atom stereocenters. The maximum absolute atomic E-state index is 10.5. The summed E-state index contributed by atoms with van der Waals surface area (Å²) in [7, 11) is -6.50. The van der Waals surface area contributed by atoms with Gasteiger partial charge in [0, 0.05) is 31.6 Å². The van der Waals surface area contributed by atoms with Crippen molar-refractivity contribution >= 4 is 18.9 Å². The molecule has 0 rings (SSSR count). The molecule has 0 saturated heterocycles. The van der Waals surface area contributed by atoms with E-state index in [1.165, 1.54) is 32.1 Å².